The number of halogens is 1. The Kier molecular flexibility index (Phi) is 1.87. The van der Waals surface area contributed by atoms with Gasteiger partial charge in [0.1, 0.15) is 11.6 Å². The predicted molar refractivity (Wildman–Crippen MR) is 57.5 cm³/mol. The Morgan fingerprint density at radius 2 is 2.27 bits per heavy atom. The molecule has 0 aliphatic carbocycles. The summed E-state index contributed by atoms with van der Waals surface area (Å²) in [6.45, 7) is 1.84. The van der Waals surface area contributed by atoms with Crippen LogP contribution in [-0.4, -0.2) is 27.6 Å². The zero-order valence-electron chi connectivity index (χ0n) is 7.94. The van der Waals surface area contributed by atoms with Crippen molar-refractivity contribution in [2.75, 3.05) is 13.1 Å². The zero-order valence-corrected chi connectivity index (χ0v) is 8.70. The number of aromatic nitrogens is 2. The second-order valence-corrected chi connectivity index (χ2v) is 4.12. The minimum atomic E-state index is 0.227. The number of pyridine rings is 1. The number of rotatable bonds is 1. The third-order valence-corrected chi connectivity index (χ3v) is 3.03. The van der Waals surface area contributed by atoms with Gasteiger partial charge in [-0.2, -0.15) is 0 Å². The van der Waals surface area contributed by atoms with Gasteiger partial charge in [0.2, 0.25) is 0 Å². The number of nitrogens with one attached hydrogen (secondary N) is 1. The Balaban J connectivity index is 2.24. The van der Waals surface area contributed by atoms with Crippen molar-refractivity contribution in [1.82, 2.24) is 14.7 Å². The van der Waals surface area contributed by atoms with Crippen molar-refractivity contribution in [2.45, 2.75) is 5.92 Å². The first-order valence-corrected chi connectivity index (χ1v) is 5.20. The van der Waals surface area contributed by atoms with E-state index < -0.39 is 0 Å². The monoisotopic (exact) mass is 223 g/mol. The van der Waals surface area contributed by atoms with Crippen molar-refractivity contribution in [3.8, 4) is 5.75 Å². The molecule has 2 aromatic heterocycles. The third-order valence-electron chi connectivity index (χ3n) is 2.75. The number of hydrogen-bond acceptors (Lipinski definition) is 3. The van der Waals surface area contributed by atoms with Crippen molar-refractivity contribution in [3.63, 3.8) is 0 Å². The first-order chi connectivity index (χ1) is 7.25. The quantitative estimate of drug-likeness (QED) is 0.768. The molecule has 3 heterocycles. The molecule has 2 N–H and O–H groups in total. The van der Waals surface area contributed by atoms with E-state index in [1.54, 1.807) is 18.3 Å². The molecule has 3 rings (SSSR count). The SMILES string of the molecule is Oc1ccc2c(Cl)nc(C3CNC3)n2c1. The summed E-state index contributed by atoms with van der Waals surface area (Å²) in [5.74, 6) is 1.54. The maximum Gasteiger partial charge on any atom is 0.155 e. The van der Waals surface area contributed by atoms with Gasteiger partial charge in [-0.1, -0.05) is 11.6 Å². The average molecular weight is 224 g/mol. The zero-order chi connectivity index (χ0) is 10.4. The van der Waals surface area contributed by atoms with Crippen LogP contribution < -0.4 is 5.32 Å². The molecule has 4 nitrogen and oxygen atoms in total. The second kappa shape index (κ2) is 3.12. The molecule has 0 aromatic carbocycles. The minimum Gasteiger partial charge on any atom is -0.506 e. The van der Waals surface area contributed by atoms with Crippen LogP contribution in [0.5, 0.6) is 5.75 Å². The van der Waals surface area contributed by atoms with Crippen LogP contribution in [0.4, 0.5) is 0 Å². The van der Waals surface area contributed by atoms with Crippen molar-refractivity contribution in [2.24, 2.45) is 0 Å². The molecule has 1 saturated heterocycles. The summed E-state index contributed by atoms with van der Waals surface area (Å²) in [7, 11) is 0. The van der Waals surface area contributed by atoms with E-state index in [2.05, 4.69) is 10.3 Å². The highest BCUT2D eigenvalue weighted by molar-refractivity contribution is 6.32. The van der Waals surface area contributed by atoms with Crippen LogP contribution in [0.1, 0.15) is 11.7 Å². The maximum absolute atomic E-state index is 9.43. The summed E-state index contributed by atoms with van der Waals surface area (Å²) in [4.78, 5) is 4.33. The van der Waals surface area contributed by atoms with Crippen molar-refractivity contribution in [1.29, 1.82) is 0 Å². The summed E-state index contributed by atoms with van der Waals surface area (Å²) in [5, 5.41) is 13.1. The van der Waals surface area contributed by atoms with Gasteiger partial charge in [-0.25, -0.2) is 4.98 Å². The fourth-order valence-electron chi connectivity index (χ4n) is 1.82. The molecule has 0 atom stereocenters. The van der Waals surface area contributed by atoms with Crippen LogP contribution in [0.3, 0.4) is 0 Å². The number of aromatic hydroxyl groups is 1. The van der Waals surface area contributed by atoms with E-state index in [9.17, 15) is 5.11 Å². The van der Waals surface area contributed by atoms with E-state index in [-0.39, 0.29) is 5.75 Å². The molecular formula is C10H10ClN3O. The lowest BCUT2D eigenvalue weighted by molar-refractivity contribution is 0.426. The van der Waals surface area contributed by atoms with Gasteiger partial charge in [-0.05, 0) is 12.1 Å². The van der Waals surface area contributed by atoms with Crippen molar-refractivity contribution >= 4 is 17.1 Å². The van der Waals surface area contributed by atoms with E-state index in [1.807, 2.05) is 4.40 Å². The lowest BCUT2D eigenvalue weighted by atomic mass is 10.0. The summed E-state index contributed by atoms with van der Waals surface area (Å²) < 4.78 is 1.86. The molecule has 5 heteroatoms. The average Bonchev–Trinajstić information content (AvgIpc) is 2.41. The van der Waals surface area contributed by atoms with Crippen molar-refractivity contribution < 1.29 is 5.11 Å². The lowest BCUT2D eigenvalue weighted by Gasteiger charge is -2.25. The van der Waals surface area contributed by atoms with Gasteiger partial charge in [-0.3, -0.25) is 4.40 Å². The van der Waals surface area contributed by atoms with Crippen LogP contribution in [0, 0.1) is 0 Å². The predicted octanol–water partition coefficient (Wildman–Crippen LogP) is 1.38. The Labute approximate surface area is 91.5 Å². The summed E-state index contributed by atoms with van der Waals surface area (Å²) in [5.41, 5.74) is 0.844. The number of fused-ring (bicyclic) bond motifs is 1. The minimum absolute atomic E-state index is 0.227. The highest BCUT2D eigenvalue weighted by atomic mass is 35.5. The molecule has 0 unspecified atom stereocenters. The molecule has 1 fully saturated rings. The molecule has 0 radical (unpaired) electrons. The van der Waals surface area contributed by atoms with Crippen LogP contribution in [0.2, 0.25) is 5.15 Å². The highest BCUT2D eigenvalue weighted by Gasteiger charge is 2.24. The van der Waals surface area contributed by atoms with E-state index in [1.165, 1.54) is 0 Å². The normalized spacial score (nSPS) is 16.9. The Hall–Kier alpha value is -1.26. The fraction of sp³-hybridized carbons (Fsp3) is 0.300. The summed E-state index contributed by atoms with van der Waals surface area (Å²) >= 11 is 6.02. The van der Waals surface area contributed by atoms with Crippen LogP contribution >= 0.6 is 11.6 Å². The number of nitrogens with zero attached hydrogens (tertiary/aromatic N) is 2. The standard InChI is InChI=1S/C10H10ClN3O/c11-9-8-2-1-7(15)5-14(8)10(13-9)6-3-12-4-6/h1-2,5-6,12,15H,3-4H2. The topological polar surface area (TPSA) is 49.6 Å². The van der Waals surface area contributed by atoms with E-state index in [0.29, 0.717) is 11.1 Å². The molecule has 0 spiro atoms. The molecule has 0 bridgehead atoms. The molecule has 2 aromatic rings. The molecule has 15 heavy (non-hydrogen) atoms. The third kappa shape index (κ3) is 1.29. The van der Waals surface area contributed by atoms with Gasteiger partial charge in [0.25, 0.3) is 0 Å². The van der Waals surface area contributed by atoms with Crippen LogP contribution in [0.15, 0.2) is 18.3 Å². The van der Waals surface area contributed by atoms with Gasteiger partial charge in [0.15, 0.2) is 5.15 Å². The van der Waals surface area contributed by atoms with Crippen molar-refractivity contribution in [3.05, 3.63) is 29.3 Å². The smallest absolute Gasteiger partial charge is 0.155 e. The molecule has 78 valence electrons. The molecule has 0 amide bonds. The second-order valence-electron chi connectivity index (χ2n) is 3.76. The molecule has 1 aliphatic rings. The first kappa shape index (κ1) is 9.00. The Morgan fingerprint density at radius 1 is 1.47 bits per heavy atom. The Morgan fingerprint density at radius 3 is 2.93 bits per heavy atom. The molecule has 1 aliphatic heterocycles. The van der Waals surface area contributed by atoms with Gasteiger partial charge in [0.05, 0.1) is 11.7 Å². The van der Waals surface area contributed by atoms with Gasteiger partial charge < -0.3 is 10.4 Å². The summed E-state index contributed by atoms with van der Waals surface area (Å²) in [6, 6.07) is 3.39. The van der Waals surface area contributed by atoms with Gasteiger partial charge in [-0.15, -0.1) is 0 Å². The highest BCUT2D eigenvalue weighted by Crippen LogP contribution is 2.27. The largest absolute Gasteiger partial charge is 0.506 e. The fourth-order valence-corrected chi connectivity index (χ4v) is 2.06. The van der Waals surface area contributed by atoms with Gasteiger partial charge in [0, 0.05) is 19.0 Å². The van der Waals surface area contributed by atoms with E-state index in [0.717, 1.165) is 24.4 Å². The first-order valence-electron chi connectivity index (χ1n) is 4.83. The van der Waals surface area contributed by atoms with Crippen LogP contribution in [0.25, 0.3) is 5.52 Å². The van der Waals surface area contributed by atoms with E-state index >= 15 is 0 Å². The molecule has 0 saturated carbocycles. The lowest BCUT2D eigenvalue weighted by Crippen LogP contribution is -2.40. The van der Waals surface area contributed by atoms with Crippen LogP contribution in [-0.2, 0) is 0 Å². The maximum atomic E-state index is 9.43. The molecular weight excluding hydrogens is 214 g/mol. The number of imidazole rings is 1. The van der Waals surface area contributed by atoms with E-state index in [4.69, 9.17) is 11.6 Å². The Bertz CT molecular complexity index is 519. The summed E-state index contributed by atoms with van der Waals surface area (Å²) in [6.07, 6.45) is 1.65. The number of hydrogen-bond donors (Lipinski definition) is 2. The van der Waals surface area contributed by atoms with Gasteiger partial charge >= 0.3 is 0 Å².